The molecule has 32 heavy (non-hydrogen) atoms. The number of fused-ring (bicyclic) bond motifs is 1. The van der Waals surface area contributed by atoms with Gasteiger partial charge in [0.25, 0.3) is 0 Å². The van der Waals surface area contributed by atoms with Crippen LogP contribution in [0.2, 0.25) is 5.15 Å². The first-order valence-corrected chi connectivity index (χ1v) is 9.90. The first-order chi connectivity index (χ1) is 15.2. The van der Waals surface area contributed by atoms with Crippen LogP contribution in [0.1, 0.15) is 17.0 Å². The van der Waals surface area contributed by atoms with E-state index in [1.165, 1.54) is 12.1 Å². The number of nitrogens with one attached hydrogen (secondary N) is 2. The van der Waals surface area contributed by atoms with Crippen LogP contribution >= 0.6 is 11.6 Å². The molecule has 2 N–H and O–H groups in total. The number of halogens is 4. The second-order valence-electron chi connectivity index (χ2n) is 7.07. The number of urea groups is 1. The summed E-state index contributed by atoms with van der Waals surface area (Å²) in [6.07, 6.45) is -2.88. The maximum Gasteiger partial charge on any atom is 0.416 e. The van der Waals surface area contributed by atoms with E-state index < -0.39 is 17.8 Å². The summed E-state index contributed by atoms with van der Waals surface area (Å²) in [6, 6.07) is 12.6. The number of amides is 2. The molecule has 2 amide bonds. The molecule has 0 aliphatic heterocycles. The number of benzene rings is 2. The Bertz CT molecular complexity index is 1290. The van der Waals surface area contributed by atoms with Crippen LogP contribution in [0.5, 0.6) is 0 Å². The SMILES string of the molecule is Cc1nc2ccnc(Cl)c2n1Cc1ccc(NC(=O)Nc2cccc(C(F)(F)F)c2)cc1. The molecule has 0 aliphatic rings. The van der Waals surface area contributed by atoms with Gasteiger partial charge in [0.05, 0.1) is 11.1 Å². The van der Waals surface area contributed by atoms with E-state index in [2.05, 4.69) is 20.6 Å². The summed E-state index contributed by atoms with van der Waals surface area (Å²) in [4.78, 5) is 20.8. The lowest BCUT2D eigenvalue weighted by Gasteiger charge is -2.12. The van der Waals surface area contributed by atoms with E-state index in [-0.39, 0.29) is 5.69 Å². The van der Waals surface area contributed by atoms with Crippen LogP contribution in [0.15, 0.2) is 60.8 Å². The number of imidazole rings is 1. The molecular formula is C22H17ClF3N5O. The molecule has 0 spiro atoms. The fourth-order valence-corrected chi connectivity index (χ4v) is 3.55. The molecule has 0 unspecified atom stereocenters. The van der Waals surface area contributed by atoms with E-state index in [9.17, 15) is 18.0 Å². The second-order valence-corrected chi connectivity index (χ2v) is 7.43. The van der Waals surface area contributed by atoms with E-state index >= 15 is 0 Å². The van der Waals surface area contributed by atoms with Gasteiger partial charge in [0.15, 0.2) is 5.15 Å². The van der Waals surface area contributed by atoms with Crippen LogP contribution in [-0.4, -0.2) is 20.6 Å². The summed E-state index contributed by atoms with van der Waals surface area (Å²) >= 11 is 6.24. The van der Waals surface area contributed by atoms with E-state index in [1.807, 2.05) is 23.6 Å². The van der Waals surface area contributed by atoms with E-state index in [0.29, 0.717) is 17.4 Å². The summed E-state index contributed by atoms with van der Waals surface area (Å²) in [5, 5.41) is 5.38. The van der Waals surface area contributed by atoms with Crippen molar-refractivity contribution in [2.24, 2.45) is 0 Å². The summed E-state index contributed by atoms with van der Waals surface area (Å²) < 4.78 is 40.4. The number of anilines is 2. The largest absolute Gasteiger partial charge is 0.416 e. The van der Waals surface area contributed by atoms with Crippen molar-refractivity contribution >= 4 is 40.0 Å². The first-order valence-electron chi connectivity index (χ1n) is 9.52. The van der Waals surface area contributed by atoms with Crippen molar-refractivity contribution in [3.8, 4) is 0 Å². The van der Waals surface area contributed by atoms with Gasteiger partial charge in [-0.25, -0.2) is 14.8 Å². The van der Waals surface area contributed by atoms with Gasteiger partial charge in [-0.1, -0.05) is 29.8 Å². The third-order valence-electron chi connectivity index (χ3n) is 4.80. The Morgan fingerprint density at radius 3 is 2.50 bits per heavy atom. The van der Waals surface area contributed by atoms with E-state index in [0.717, 1.165) is 34.6 Å². The summed E-state index contributed by atoms with van der Waals surface area (Å²) in [7, 11) is 0. The smallest absolute Gasteiger partial charge is 0.321 e. The molecule has 0 radical (unpaired) electrons. The maximum atomic E-state index is 12.8. The van der Waals surface area contributed by atoms with Gasteiger partial charge in [-0.2, -0.15) is 13.2 Å². The number of hydrogen-bond donors (Lipinski definition) is 2. The Hall–Kier alpha value is -3.59. The zero-order chi connectivity index (χ0) is 22.9. The molecular weight excluding hydrogens is 443 g/mol. The fraction of sp³-hybridized carbons (Fsp3) is 0.136. The van der Waals surface area contributed by atoms with E-state index in [4.69, 9.17) is 11.6 Å². The third-order valence-corrected chi connectivity index (χ3v) is 5.08. The summed E-state index contributed by atoms with van der Waals surface area (Å²) in [5.74, 6) is 0.789. The fourth-order valence-electron chi connectivity index (χ4n) is 3.29. The minimum atomic E-state index is -4.48. The zero-order valence-corrected chi connectivity index (χ0v) is 17.5. The van der Waals surface area contributed by atoms with Crippen molar-refractivity contribution < 1.29 is 18.0 Å². The Balaban J connectivity index is 1.44. The summed E-state index contributed by atoms with van der Waals surface area (Å²) in [6.45, 7) is 2.38. The number of rotatable bonds is 4. The molecule has 10 heteroatoms. The first kappa shape index (κ1) is 21.6. The highest BCUT2D eigenvalue weighted by Crippen LogP contribution is 2.30. The molecule has 0 aliphatic carbocycles. The van der Waals surface area contributed by atoms with Gasteiger partial charge in [0.2, 0.25) is 0 Å². The number of alkyl halides is 3. The Kier molecular flexibility index (Phi) is 5.75. The quantitative estimate of drug-likeness (QED) is 0.362. The zero-order valence-electron chi connectivity index (χ0n) is 16.7. The highest BCUT2D eigenvalue weighted by Gasteiger charge is 2.30. The van der Waals surface area contributed by atoms with Gasteiger partial charge in [-0.15, -0.1) is 0 Å². The monoisotopic (exact) mass is 459 g/mol. The van der Waals surface area contributed by atoms with E-state index in [1.54, 1.807) is 24.4 Å². The minimum absolute atomic E-state index is 0.0434. The number of aryl methyl sites for hydroxylation is 1. The second kappa shape index (κ2) is 8.51. The molecule has 164 valence electrons. The number of nitrogens with zero attached hydrogens (tertiary/aromatic N) is 3. The van der Waals surface area contributed by atoms with Crippen LogP contribution in [0, 0.1) is 6.92 Å². The van der Waals surface area contributed by atoms with Crippen molar-refractivity contribution in [1.82, 2.24) is 14.5 Å². The van der Waals surface area contributed by atoms with Crippen LogP contribution in [0.4, 0.5) is 29.3 Å². The maximum absolute atomic E-state index is 12.8. The van der Waals surface area contributed by atoms with Gasteiger partial charge in [-0.3, -0.25) is 0 Å². The van der Waals surface area contributed by atoms with Gasteiger partial charge in [0, 0.05) is 24.1 Å². The Morgan fingerprint density at radius 2 is 1.78 bits per heavy atom. The molecule has 0 atom stereocenters. The topological polar surface area (TPSA) is 71.8 Å². The molecule has 0 fully saturated rings. The molecule has 2 aromatic heterocycles. The Labute approximate surface area is 186 Å². The van der Waals surface area contributed by atoms with Crippen LogP contribution in [-0.2, 0) is 12.7 Å². The lowest BCUT2D eigenvalue weighted by Crippen LogP contribution is -2.19. The lowest BCUT2D eigenvalue weighted by atomic mass is 10.2. The number of carbonyl (C=O) groups is 1. The highest BCUT2D eigenvalue weighted by molar-refractivity contribution is 6.33. The lowest BCUT2D eigenvalue weighted by molar-refractivity contribution is -0.137. The number of carbonyl (C=O) groups excluding carboxylic acids is 1. The minimum Gasteiger partial charge on any atom is -0.321 e. The Morgan fingerprint density at radius 1 is 1.06 bits per heavy atom. The predicted octanol–water partition coefficient (Wildman–Crippen LogP) is 6.10. The molecule has 4 rings (SSSR count). The van der Waals surface area contributed by atoms with Crippen molar-refractivity contribution in [3.63, 3.8) is 0 Å². The molecule has 2 heterocycles. The summed E-state index contributed by atoms with van der Waals surface area (Å²) in [5.41, 5.74) is 2.14. The highest BCUT2D eigenvalue weighted by atomic mass is 35.5. The predicted molar refractivity (Wildman–Crippen MR) is 117 cm³/mol. The third kappa shape index (κ3) is 4.67. The molecule has 6 nitrogen and oxygen atoms in total. The van der Waals surface area contributed by atoms with Crippen LogP contribution in [0.3, 0.4) is 0 Å². The van der Waals surface area contributed by atoms with Crippen LogP contribution < -0.4 is 10.6 Å². The van der Waals surface area contributed by atoms with Crippen LogP contribution in [0.25, 0.3) is 11.0 Å². The van der Waals surface area contributed by atoms with Gasteiger partial charge >= 0.3 is 12.2 Å². The van der Waals surface area contributed by atoms with Gasteiger partial charge in [0.1, 0.15) is 11.3 Å². The molecule has 4 aromatic rings. The van der Waals surface area contributed by atoms with Crippen molar-refractivity contribution in [2.75, 3.05) is 10.6 Å². The number of pyridine rings is 1. The standard InChI is InChI=1S/C22H17ClF3N5O/c1-13-28-18-9-10-27-20(23)19(18)31(13)12-14-5-7-16(8-6-14)29-21(32)30-17-4-2-3-15(11-17)22(24,25)26/h2-11H,12H2,1H3,(H2,29,30,32). The molecule has 0 saturated carbocycles. The van der Waals surface area contributed by atoms with Crippen molar-refractivity contribution in [3.05, 3.63) is 82.9 Å². The average Bonchev–Trinajstić information content (AvgIpc) is 3.05. The molecule has 2 aromatic carbocycles. The number of hydrogen-bond acceptors (Lipinski definition) is 3. The average molecular weight is 460 g/mol. The van der Waals surface area contributed by atoms with Crippen molar-refractivity contribution in [2.45, 2.75) is 19.6 Å². The van der Waals surface area contributed by atoms with Gasteiger partial charge in [-0.05, 0) is 48.9 Å². The molecule has 0 saturated heterocycles. The normalized spacial score (nSPS) is 11.5. The number of aromatic nitrogens is 3. The molecule has 0 bridgehead atoms. The van der Waals surface area contributed by atoms with Gasteiger partial charge < -0.3 is 15.2 Å². The van der Waals surface area contributed by atoms with Crippen molar-refractivity contribution in [1.29, 1.82) is 0 Å².